The average molecular weight is 395 g/mol. The average Bonchev–Trinajstić information content (AvgIpc) is 2.82. The van der Waals surface area contributed by atoms with Crippen LogP contribution in [0.1, 0.15) is 90.4 Å². The molecule has 7 heteroatoms. The van der Waals surface area contributed by atoms with Crippen molar-refractivity contribution >= 4 is 10.1 Å². The zero-order chi connectivity index (χ0) is 19.4. The van der Waals surface area contributed by atoms with Gasteiger partial charge in [-0.15, -0.1) is 0 Å². The third-order valence-corrected chi connectivity index (χ3v) is 5.51. The van der Waals surface area contributed by atoms with E-state index in [0.717, 1.165) is 25.5 Å². The van der Waals surface area contributed by atoms with Crippen molar-refractivity contribution in [2.24, 2.45) is 0 Å². The Balaban J connectivity index is 2.01. The number of ether oxygens (including phenoxy) is 1. The van der Waals surface area contributed by atoms with Crippen molar-refractivity contribution in [2.75, 3.05) is 6.26 Å². The Hall–Kier alpha value is -0.210. The maximum absolute atomic E-state index is 11.2. The fourth-order valence-corrected chi connectivity index (χ4v) is 4.06. The van der Waals surface area contributed by atoms with E-state index in [0.29, 0.717) is 6.42 Å². The van der Waals surface area contributed by atoms with E-state index < -0.39 is 34.7 Å². The second-order valence-corrected chi connectivity index (χ2v) is 9.10. The lowest BCUT2D eigenvalue weighted by molar-refractivity contribution is -0.121. The molecule has 0 aromatic carbocycles. The highest BCUT2D eigenvalue weighted by molar-refractivity contribution is 7.86. The van der Waals surface area contributed by atoms with Gasteiger partial charge in [-0.05, 0) is 6.42 Å². The molecule has 0 radical (unpaired) electrons. The summed E-state index contributed by atoms with van der Waals surface area (Å²) in [4.78, 5) is 0. The summed E-state index contributed by atoms with van der Waals surface area (Å²) in [7, 11) is -3.74. The Bertz CT molecular complexity index is 453. The van der Waals surface area contributed by atoms with Gasteiger partial charge in [-0.2, -0.15) is 8.42 Å². The molecule has 1 fully saturated rings. The van der Waals surface area contributed by atoms with Crippen LogP contribution in [0.25, 0.3) is 0 Å². The highest BCUT2D eigenvalue weighted by atomic mass is 32.2. The molecule has 0 amide bonds. The first-order chi connectivity index (χ1) is 12.3. The topological polar surface area (TPSA) is 93.1 Å². The molecule has 0 spiro atoms. The smallest absolute Gasteiger partial charge is 0.264 e. The van der Waals surface area contributed by atoms with E-state index in [1.165, 1.54) is 57.8 Å². The molecule has 1 heterocycles. The van der Waals surface area contributed by atoms with Gasteiger partial charge in [0.2, 0.25) is 0 Å². The van der Waals surface area contributed by atoms with E-state index in [1.807, 2.05) is 0 Å². The Morgan fingerprint density at radius 2 is 1.31 bits per heavy atom. The van der Waals surface area contributed by atoms with Crippen LogP contribution in [0.2, 0.25) is 0 Å². The monoisotopic (exact) mass is 394 g/mol. The van der Waals surface area contributed by atoms with Crippen LogP contribution in [0.5, 0.6) is 0 Å². The largest absolute Gasteiger partial charge is 0.387 e. The van der Waals surface area contributed by atoms with Gasteiger partial charge < -0.3 is 14.9 Å². The van der Waals surface area contributed by atoms with Gasteiger partial charge in [0.15, 0.2) is 12.4 Å². The predicted molar refractivity (Wildman–Crippen MR) is 102 cm³/mol. The van der Waals surface area contributed by atoms with E-state index in [4.69, 9.17) is 8.92 Å². The molecule has 1 saturated heterocycles. The number of rotatable bonds is 15. The second kappa shape index (κ2) is 13.0. The summed E-state index contributed by atoms with van der Waals surface area (Å²) in [6.45, 7) is 2.24. The Morgan fingerprint density at radius 1 is 0.846 bits per heavy atom. The molecular formula is C19H38O6S. The zero-order valence-electron chi connectivity index (χ0n) is 16.4. The molecule has 1 unspecified atom stereocenters. The summed E-state index contributed by atoms with van der Waals surface area (Å²) < 4.78 is 32.3. The molecule has 0 aromatic heterocycles. The van der Waals surface area contributed by atoms with Crippen molar-refractivity contribution in [3.63, 3.8) is 0 Å². The van der Waals surface area contributed by atoms with Crippen LogP contribution in [0.3, 0.4) is 0 Å². The van der Waals surface area contributed by atoms with Crippen molar-refractivity contribution in [1.82, 2.24) is 0 Å². The van der Waals surface area contributed by atoms with Crippen molar-refractivity contribution in [2.45, 2.75) is 115 Å². The molecule has 1 aliphatic rings. The number of hydrogen-bond donors (Lipinski definition) is 2. The third kappa shape index (κ3) is 10.2. The normalized spacial score (nSPS) is 26.5. The fourth-order valence-electron chi connectivity index (χ4n) is 3.45. The Morgan fingerprint density at radius 3 is 1.77 bits per heavy atom. The molecule has 156 valence electrons. The molecule has 26 heavy (non-hydrogen) atoms. The van der Waals surface area contributed by atoms with Gasteiger partial charge in [-0.25, -0.2) is 0 Å². The number of aliphatic hydroxyl groups is 2. The first-order valence-corrected chi connectivity index (χ1v) is 12.1. The maximum atomic E-state index is 11.2. The minimum absolute atomic E-state index is 0.570. The minimum Gasteiger partial charge on any atom is -0.387 e. The standard InChI is InChI=1S/C19H38O6S/c1-3-4-5-6-7-8-9-10-11-12-13-14-15-16-17(20)18(19(21)24-16)25-26(2,22)23/h16-21H,3-15H2,1-2H3/t16-,17-,18-,19?/m0/s1. The molecule has 0 aliphatic carbocycles. The van der Waals surface area contributed by atoms with E-state index in [1.54, 1.807) is 0 Å². The maximum Gasteiger partial charge on any atom is 0.264 e. The lowest BCUT2D eigenvalue weighted by Gasteiger charge is -2.16. The highest BCUT2D eigenvalue weighted by Gasteiger charge is 2.45. The van der Waals surface area contributed by atoms with Gasteiger partial charge in [0.1, 0.15) is 6.10 Å². The Kier molecular flexibility index (Phi) is 12.0. The van der Waals surface area contributed by atoms with Gasteiger partial charge in [-0.1, -0.05) is 84.0 Å². The van der Waals surface area contributed by atoms with Gasteiger partial charge in [-0.3, -0.25) is 4.18 Å². The molecule has 2 N–H and O–H groups in total. The molecule has 6 nitrogen and oxygen atoms in total. The summed E-state index contributed by atoms with van der Waals surface area (Å²) in [6.07, 6.45) is 12.2. The summed E-state index contributed by atoms with van der Waals surface area (Å²) in [6, 6.07) is 0. The van der Waals surface area contributed by atoms with E-state index in [-0.39, 0.29) is 0 Å². The van der Waals surface area contributed by atoms with Crippen molar-refractivity contribution in [1.29, 1.82) is 0 Å². The van der Waals surface area contributed by atoms with E-state index >= 15 is 0 Å². The quantitative estimate of drug-likeness (QED) is 0.326. The third-order valence-electron chi connectivity index (χ3n) is 4.94. The van der Waals surface area contributed by atoms with Crippen molar-refractivity contribution in [3.05, 3.63) is 0 Å². The van der Waals surface area contributed by atoms with Gasteiger partial charge >= 0.3 is 0 Å². The van der Waals surface area contributed by atoms with Crippen LogP contribution in [0.15, 0.2) is 0 Å². The van der Waals surface area contributed by atoms with Crippen LogP contribution < -0.4 is 0 Å². The molecule has 0 saturated carbocycles. The lowest BCUT2D eigenvalue weighted by Crippen LogP contribution is -2.36. The second-order valence-electron chi connectivity index (χ2n) is 7.50. The molecular weight excluding hydrogens is 356 g/mol. The SMILES string of the molecule is CCCCCCCCCCCCCC[C@@H]1OC(O)[C@@H](OS(C)(=O)=O)[C@H]1O. The van der Waals surface area contributed by atoms with Gasteiger partial charge in [0, 0.05) is 0 Å². The van der Waals surface area contributed by atoms with Gasteiger partial charge in [0.25, 0.3) is 10.1 Å². The first kappa shape index (κ1) is 23.8. The zero-order valence-corrected chi connectivity index (χ0v) is 17.3. The minimum atomic E-state index is -3.74. The van der Waals surface area contributed by atoms with Crippen molar-refractivity contribution < 1.29 is 27.6 Å². The van der Waals surface area contributed by atoms with Crippen LogP contribution >= 0.6 is 0 Å². The van der Waals surface area contributed by atoms with Gasteiger partial charge in [0.05, 0.1) is 12.4 Å². The summed E-state index contributed by atoms with van der Waals surface area (Å²) >= 11 is 0. The lowest BCUT2D eigenvalue weighted by atomic mass is 10.0. The van der Waals surface area contributed by atoms with Crippen LogP contribution in [0, 0.1) is 0 Å². The predicted octanol–water partition coefficient (Wildman–Crippen LogP) is 3.50. The summed E-state index contributed by atoms with van der Waals surface area (Å²) in [5, 5.41) is 19.8. The number of hydrogen-bond acceptors (Lipinski definition) is 6. The number of aliphatic hydroxyl groups excluding tert-OH is 2. The first-order valence-electron chi connectivity index (χ1n) is 10.2. The van der Waals surface area contributed by atoms with Crippen LogP contribution in [0.4, 0.5) is 0 Å². The molecule has 4 atom stereocenters. The molecule has 0 aromatic rings. The highest BCUT2D eigenvalue weighted by Crippen LogP contribution is 2.27. The molecule has 0 bridgehead atoms. The summed E-state index contributed by atoms with van der Waals surface area (Å²) in [5.74, 6) is 0. The van der Waals surface area contributed by atoms with Crippen molar-refractivity contribution in [3.8, 4) is 0 Å². The molecule has 1 aliphatic heterocycles. The fraction of sp³-hybridized carbons (Fsp3) is 1.00. The van der Waals surface area contributed by atoms with E-state index in [9.17, 15) is 18.6 Å². The molecule has 1 rings (SSSR count). The van der Waals surface area contributed by atoms with Crippen LogP contribution in [-0.4, -0.2) is 49.5 Å². The number of unbranched alkanes of at least 4 members (excludes halogenated alkanes) is 11. The summed E-state index contributed by atoms with van der Waals surface area (Å²) in [5.41, 5.74) is 0. The van der Waals surface area contributed by atoms with E-state index in [2.05, 4.69) is 6.92 Å². The Labute approximate surface area is 159 Å². The van der Waals surface area contributed by atoms with Crippen LogP contribution in [-0.2, 0) is 19.0 Å².